The summed E-state index contributed by atoms with van der Waals surface area (Å²) in [6.45, 7) is 0.00963. The van der Waals surface area contributed by atoms with Gasteiger partial charge >= 0.3 is 5.97 Å². The standard InChI is InChI=1S/C17H14F3N5O3/c1-24(8-13(26)28-2)9-3-6-12-21-17(23-25(12)7-9)22-16(27)10-4-5-11(18)15(20)14(10)19/h3-7H,8H2,1-2H3,(H,22,23,27). The predicted molar refractivity (Wildman–Crippen MR) is 92.5 cm³/mol. The zero-order chi connectivity index (χ0) is 20.4. The number of carbonyl (C=O) groups excluding carboxylic acids is 2. The zero-order valence-electron chi connectivity index (χ0n) is 14.7. The highest BCUT2D eigenvalue weighted by Gasteiger charge is 2.20. The van der Waals surface area contributed by atoms with Crippen molar-refractivity contribution in [1.82, 2.24) is 14.6 Å². The summed E-state index contributed by atoms with van der Waals surface area (Å²) >= 11 is 0. The maximum atomic E-state index is 13.7. The monoisotopic (exact) mass is 393 g/mol. The minimum absolute atomic E-state index is 0.00963. The van der Waals surface area contributed by atoms with E-state index in [0.717, 1.165) is 6.07 Å². The summed E-state index contributed by atoms with van der Waals surface area (Å²) in [5.74, 6) is -6.37. The van der Waals surface area contributed by atoms with E-state index >= 15 is 0 Å². The number of halogens is 3. The Hall–Kier alpha value is -3.63. The molecule has 0 unspecified atom stereocenters. The molecule has 0 radical (unpaired) electrons. The summed E-state index contributed by atoms with van der Waals surface area (Å²) in [6, 6.07) is 4.73. The zero-order valence-corrected chi connectivity index (χ0v) is 14.7. The summed E-state index contributed by atoms with van der Waals surface area (Å²) in [5.41, 5.74) is 0.292. The van der Waals surface area contributed by atoms with Gasteiger partial charge in [-0.3, -0.25) is 14.9 Å². The normalized spacial score (nSPS) is 10.8. The lowest BCUT2D eigenvalue weighted by Crippen LogP contribution is -2.26. The van der Waals surface area contributed by atoms with Crippen LogP contribution in [0.4, 0.5) is 24.8 Å². The lowest BCUT2D eigenvalue weighted by Gasteiger charge is -2.17. The number of hydrogen-bond donors (Lipinski definition) is 1. The Balaban J connectivity index is 1.82. The molecule has 0 bridgehead atoms. The van der Waals surface area contributed by atoms with Gasteiger partial charge in [0.05, 0.1) is 24.6 Å². The van der Waals surface area contributed by atoms with Crippen LogP contribution in [0.3, 0.4) is 0 Å². The second-order valence-corrected chi connectivity index (χ2v) is 5.73. The molecule has 0 saturated carbocycles. The molecular formula is C17H14F3N5O3. The van der Waals surface area contributed by atoms with Crippen molar-refractivity contribution in [1.29, 1.82) is 0 Å². The lowest BCUT2D eigenvalue weighted by molar-refractivity contribution is -0.138. The van der Waals surface area contributed by atoms with Gasteiger partial charge in [0.25, 0.3) is 5.91 Å². The highest BCUT2D eigenvalue weighted by molar-refractivity contribution is 6.03. The number of methoxy groups -OCH3 is 1. The molecule has 0 saturated heterocycles. The van der Waals surface area contributed by atoms with E-state index in [9.17, 15) is 22.8 Å². The van der Waals surface area contributed by atoms with Crippen molar-refractivity contribution in [2.24, 2.45) is 0 Å². The van der Waals surface area contributed by atoms with Gasteiger partial charge in [-0.25, -0.2) is 17.7 Å². The third kappa shape index (κ3) is 3.72. The van der Waals surface area contributed by atoms with Gasteiger partial charge in [0.15, 0.2) is 23.1 Å². The number of aromatic nitrogens is 3. The molecule has 11 heteroatoms. The van der Waals surface area contributed by atoms with E-state index in [1.54, 1.807) is 30.3 Å². The number of pyridine rings is 1. The fourth-order valence-electron chi connectivity index (χ4n) is 2.37. The van der Waals surface area contributed by atoms with E-state index in [1.165, 1.54) is 11.6 Å². The Morgan fingerprint density at radius 3 is 2.64 bits per heavy atom. The van der Waals surface area contributed by atoms with Gasteiger partial charge in [0, 0.05) is 7.05 Å². The van der Waals surface area contributed by atoms with Crippen LogP contribution in [0.5, 0.6) is 0 Å². The molecule has 3 rings (SSSR count). The lowest BCUT2D eigenvalue weighted by atomic mass is 10.2. The average Bonchev–Trinajstić information content (AvgIpc) is 3.07. The Morgan fingerprint density at radius 1 is 1.18 bits per heavy atom. The Kier molecular flexibility index (Phi) is 5.16. The summed E-state index contributed by atoms with van der Waals surface area (Å²) in [6.07, 6.45) is 1.55. The number of anilines is 2. The van der Waals surface area contributed by atoms with E-state index in [0.29, 0.717) is 17.4 Å². The molecule has 0 aliphatic rings. The second-order valence-electron chi connectivity index (χ2n) is 5.73. The largest absolute Gasteiger partial charge is 0.468 e. The van der Waals surface area contributed by atoms with Gasteiger partial charge in [0.1, 0.15) is 6.54 Å². The fraction of sp³-hybridized carbons (Fsp3) is 0.176. The van der Waals surface area contributed by atoms with Gasteiger partial charge in [-0.2, -0.15) is 4.98 Å². The summed E-state index contributed by atoms with van der Waals surface area (Å²) < 4.78 is 45.9. The molecule has 0 fully saturated rings. The molecule has 1 amide bonds. The Bertz CT molecular complexity index is 1070. The van der Waals surface area contributed by atoms with E-state index < -0.39 is 34.9 Å². The van der Waals surface area contributed by atoms with Gasteiger partial charge in [-0.15, -0.1) is 5.10 Å². The average molecular weight is 393 g/mol. The molecule has 8 nitrogen and oxygen atoms in total. The van der Waals surface area contributed by atoms with Crippen LogP contribution >= 0.6 is 0 Å². The van der Waals surface area contributed by atoms with Crippen LogP contribution in [-0.4, -0.2) is 47.2 Å². The van der Waals surface area contributed by atoms with Crippen molar-refractivity contribution < 1.29 is 27.5 Å². The molecule has 0 atom stereocenters. The molecule has 3 aromatic rings. The number of carbonyl (C=O) groups is 2. The minimum atomic E-state index is -1.74. The molecule has 0 aliphatic carbocycles. The Morgan fingerprint density at radius 2 is 1.93 bits per heavy atom. The smallest absolute Gasteiger partial charge is 0.325 e. The van der Waals surface area contributed by atoms with Crippen LogP contribution in [0.25, 0.3) is 5.65 Å². The number of ether oxygens (including phenoxy) is 1. The third-order valence-electron chi connectivity index (χ3n) is 3.86. The number of fused-ring (bicyclic) bond motifs is 1. The number of nitrogens with one attached hydrogen (secondary N) is 1. The van der Waals surface area contributed by atoms with Crippen molar-refractivity contribution in [2.45, 2.75) is 0 Å². The molecule has 1 aromatic carbocycles. The quantitative estimate of drug-likeness (QED) is 0.527. The van der Waals surface area contributed by atoms with Gasteiger partial charge in [-0.05, 0) is 24.3 Å². The van der Waals surface area contributed by atoms with Crippen molar-refractivity contribution in [3.8, 4) is 0 Å². The number of amides is 1. The second kappa shape index (κ2) is 7.55. The number of likely N-dealkylation sites (N-methyl/N-ethyl adjacent to an activating group) is 1. The van der Waals surface area contributed by atoms with E-state index in [-0.39, 0.29) is 12.5 Å². The molecule has 28 heavy (non-hydrogen) atoms. The van der Waals surface area contributed by atoms with Crippen molar-refractivity contribution >= 4 is 29.2 Å². The predicted octanol–water partition coefficient (Wildman–Crippen LogP) is 2.01. The summed E-state index contributed by atoms with van der Waals surface area (Å²) in [7, 11) is 2.95. The van der Waals surface area contributed by atoms with Gasteiger partial charge in [0.2, 0.25) is 5.95 Å². The van der Waals surface area contributed by atoms with Gasteiger partial charge in [-0.1, -0.05) is 0 Å². The number of esters is 1. The van der Waals surface area contributed by atoms with Crippen molar-refractivity contribution in [3.05, 3.63) is 53.5 Å². The van der Waals surface area contributed by atoms with E-state index in [4.69, 9.17) is 0 Å². The molecule has 0 aliphatic heterocycles. The fourth-order valence-corrected chi connectivity index (χ4v) is 2.37. The summed E-state index contributed by atoms with van der Waals surface area (Å²) in [4.78, 5) is 29.1. The molecule has 2 aromatic heterocycles. The number of hydrogen-bond acceptors (Lipinski definition) is 6. The minimum Gasteiger partial charge on any atom is -0.468 e. The van der Waals surface area contributed by atoms with Gasteiger partial charge < -0.3 is 9.64 Å². The van der Waals surface area contributed by atoms with Crippen LogP contribution in [0.15, 0.2) is 30.5 Å². The number of nitrogens with zero attached hydrogens (tertiary/aromatic N) is 4. The molecule has 0 spiro atoms. The first-order valence-electron chi connectivity index (χ1n) is 7.89. The maximum absolute atomic E-state index is 13.7. The molecule has 2 heterocycles. The summed E-state index contributed by atoms with van der Waals surface area (Å²) in [5, 5.41) is 6.26. The van der Waals surface area contributed by atoms with Crippen LogP contribution in [0.1, 0.15) is 10.4 Å². The van der Waals surface area contributed by atoms with Crippen LogP contribution in [-0.2, 0) is 9.53 Å². The number of benzene rings is 1. The number of rotatable bonds is 5. The van der Waals surface area contributed by atoms with Crippen LogP contribution < -0.4 is 10.2 Å². The third-order valence-corrected chi connectivity index (χ3v) is 3.86. The molecular weight excluding hydrogens is 379 g/mol. The van der Waals surface area contributed by atoms with E-state index in [1.807, 2.05) is 0 Å². The van der Waals surface area contributed by atoms with Crippen LogP contribution in [0, 0.1) is 17.5 Å². The first-order chi connectivity index (χ1) is 13.3. The van der Waals surface area contributed by atoms with Crippen molar-refractivity contribution in [3.63, 3.8) is 0 Å². The molecule has 1 N–H and O–H groups in total. The van der Waals surface area contributed by atoms with E-state index in [2.05, 4.69) is 20.1 Å². The SMILES string of the molecule is COC(=O)CN(C)c1ccc2nc(NC(=O)c3ccc(F)c(F)c3F)nn2c1. The van der Waals surface area contributed by atoms with Crippen LogP contribution in [0.2, 0.25) is 0 Å². The molecule has 146 valence electrons. The first-order valence-corrected chi connectivity index (χ1v) is 7.89. The first kappa shape index (κ1) is 19.1. The highest BCUT2D eigenvalue weighted by Crippen LogP contribution is 2.18. The highest BCUT2D eigenvalue weighted by atomic mass is 19.2. The van der Waals surface area contributed by atoms with Crippen molar-refractivity contribution in [2.75, 3.05) is 30.9 Å². The Labute approximate surface area is 156 Å². The maximum Gasteiger partial charge on any atom is 0.325 e. The topological polar surface area (TPSA) is 88.8 Å².